The van der Waals surface area contributed by atoms with E-state index in [4.69, 9.17) is 34.8 Å². The number of benzene rings is 2. The lowest BCUT2D eigenvalue weighted by Gasteiger charge is -2.12. The van der Waals surface area contributed by atoms with Crippen LogP contribution in [0.4, 0.5) is 8.78 Å². The average molecular weight is 1300 g/mol. The van der Waals surface area contributed by atoms with Gasteiger partial charge in [-0.05, 0) is 147 Å². The molecule has 2 aromatic carbocycles. The minimum atomic E-state index is -3.22. The van der Waals surface area contributed by atoms with Crippen molar-refractivity contribution >= 4 is 152 Å². The van der Waals surface area contributed by atoms with Crippen molar-refractivity contribution in [2.75, 3.05) is 0 Å². The molecular weight excluding hydrogens is 1260 g/mol. The van der Waals surface area contributed by atoms with E-state index >= 15 is 0 Å². The number of rotatable bonds is 4. The number of nitrogens with zero attached hydrogens (tertiary/aromatic N) is 11. The Labute approximate surface area is 521 Å². The topological polar surface area (TPSA) is 252 Å². The molecule has 14 rings (SSSR count). The van der Waals surface area contributed by atoms with Gasteiger partial charge < -0.3 is 20.1 Å². The predicted octanol–water partition coefficient (Wildman–Crippen LogP) is 14.8. The summed E-state index contributed by atoms with van der Waals surface area (Å²) in [6, 6.07) is 37.1. The molecule has 0 unspecified atom stereocenters. The van der Waals surface area contributed by atoms with Crippen LogP contribution in [0.5, 0.6) is 5.75 Å². The summed E-state index contributed by atoms with van der Waals surface area (Å²) in [5, 5.41) is 31.6. The normalized spacial score (nSPS) is 10.8. The maximum Gasteiger partial charge on any atom is 0.489 e. The van der Waals surface area contributed by atoms with Crippen molar-refractivity contribution in [3.8, 4) is 39.4 Å². The summed E-state index contributed by atoms with van der Waals surface area (Å²) < 4.78 is 37.7. The van der Waals surface area contributed by atoms with Gasteiger partial charge in [-0.15, -0.1) is 0 Å². The highest BCUT2D eigenvalue weighted by Gasteiger charge is 2.20. The van der Waals surface area contributed by atoms with Crippen LogP contribution in [0.1, 0.15) is 0 Å². The van der Waals surface area contributed by atoms with Gasteiger partial charge in [0.15, 0.2) is 11.3 Å². The lowest BCUT2D eigenvalue weighted by molar-refractivity contribution is 0.426. The van der Waals surface area contributed by atoms with Crippen LogP contribution in [0.25, 0.3) is 99.3 Å². The SMILES string of the molecule is Clc1cc(Cl)c2ccncc2n1.Clc1ccnc2cnccc12.Fc1ccccc1-c1cc(-c2ccnc3cnccc23)c2cccnc2n1.O=P(Cl)(Cl)Cl.O=c1cc(O)c2ccncc2[nH]1.OB(O)c1cc(-c2ccccc2F)nc2ncccc12. The highest BCUT2D eigenvalue weighted by molar-refractivity contribution is 8.24. The minimum Gasteiger partial charge on any atom is -0.507 e. The first kappa shape index (κ1) is 62.7. The zero-order chi connectivity index (χ0) is 61.6. The van der Waals surface area contributed by atoms with Gasteiger partial charge in [0.2, 0.25) is 0 Å². The highest BCUT2D eigenvalue weighted by atomic mass is 36.0. The first-order valence-electron chi connectivity index (χ1n) is 25.2. The van der Waals surface area contributed by atoms with E-state index in [1.165, 1.54) is 24.4 Å². The molecule has 0 spiro atoms. The molecule has 27 heteroatoms. The molecule has 0 aliphatic carbocycles. The van der Waals surface area contributed by atoms with Crippen LogP contribution in [-0.4, -0.2) is 82.1 Å². The van der Waals surface area contributed by atoms with Crippen LogP contribution in [0.15, 0.2) is 213 Å². The van der Waals surface area contributed by atoms with Gasteiger partial charge in [0, 0.05) is 99.1 Å². The fourth-order valence-corrected chi connectivity index (χ4v) is 9.22. The number of fused-ring (bicyclic) bond motifs is 6. The quantitative estimate of drug-likeness (QED) is 0.0726. The van der Waals surface area contributed by atoms with Gasteiger partial charge in [-0.1, -0.05) is 65.1 Å². The third-order valence-electron chi connectivity index (χ3n) is 12.3. The first-order chi connectivity index (χ1) is 41.9. The number of H-pyrrole nitrogens is 1. The van der Waals surface area contributed by atoms with Crippen molar-refractivity contribution in [3.63, 3.8) is 0 Å². The highest BCUT2D eigenvalue weighted by Crippen LogP contribution is 2.61. The van der Waals surface area contributed by atoms with Gasteiger partial charge in [0.25, 0.3) is 5.56 Å². The molecule has 87 heavy (non-hydrogen) atoms. The summed E-state index contributed by atoms with van der Waals surface area (Å²) in [5.74, 6) is -0.750. The second-order valence-electron chi connectivity index (χ2n) is 17.8. The Balaban J connectivity index is 0.000000133. The van der Waals surface area contributed by atoms with Gasteiger partial charge in [-0.3, -0.25) is 39.3 Å². The molecule has 0 bridgehead atoms. The smallest absolute Gasteiger partial charge is 0.489 e. The van der Waals surface area contributed by atoms with E-state index in [0.717, 1.165) is 60.3 Å². The summed E-state index contributed by atoms with van der Waals surface area (Å²) in [4.78, 5) is 59.1. The Kier molecular flexibility index (Phi) is 21.0. The second-order valence-corrected chi connectivity index (χ2v) is 25.7. The number of hydrogen-bond acceptors (Lipinski definition) is 16. The summed E-state index contributed by atoms with van der Waals surface area (Å²) in [6.07, 6.45) is 19.9. The van der Waals surface area contributed by atoms with Gasteiger partial charge in [0.1, 0.15) is 22.5 Å². The second kappa shape index (κ2) is 29.1. The van der Waals surface area contributed by atoms with Crippen LogP contribution in [0, 0.1) is 11.6 Å². The zero-order valence-electron chi connectivity index (χ0n) is 44.3. The van der Waals surface area contributed by atoms with Crippen molar-refractivity contribution in [2.45, 2.75) is 0 Å². The Morgan fingerprint density at radius 1 is 0.460 bits per heavy atom. The van der Waals surface area contributed by atoms with E-state index in [1.54, 1.807) is 141 Å². The number of aromatic amines is 1. The Bertz CT molecular complexity index is 4880. The van der Waals surface area contributed by atoms with Crippen molar-refractivity contribution in [3.05, 3.63) is 245 Å². The summed E-state index contributed by atoms with van der Waals surface area (Å²) in [5.41, 5.74) is 7.27. The van der Waals surface area contributed by atoms with Crippen molar-refractivity contribution in [1.29, 1.82) is 0 Å². The van der Waals surface area contributed by atoms with Crippen LogP contribution in [0.2, 0.25) is 15.2 Å². The largest absolute Gasteiger partial charge is 0.507 e. The third kappa shape index (κ3) is 16.4. The summed E-state index contributed by atoms with van der Waals surface area (Å²) >= 11 is 31.3. The molecule has 0 fully saturated rings. The van der Waals surface area contributed by atoms with Crippen LogP contribution in [-0.2, 0) is 4.57 Å². The molecule has 0 saturated heterocycles. The summed E-state index contributed by atoms with van der Waals surface area (Å²) in [7, 11) is -1.67. The van der Waals surface area contributed by atoms with Crippen molar-refractivity contribution in [2.24, 2.45) is 0 Å². The van der Waals surface area contributed by atoms with Gasteiger partial charge in [-0.25, -0.2) is 33.7 Å². The molecule has 0 atom stereocenters. The Morgan fingerprint density at radius 2 is 0.966 bits per heavy atom. The van der Waals surface area contributed by atoms with E-state index in [9.17, 15) is 33.3 Å². The van der Waals surface area contributed by atoms with Crippen molar-refractivity contribution in [1.82, 2.24) is 59.8 Å². The van der Waals surface area contributed by atoms with Gasteiger partial charge >= 0.3 is 12.3 Å². The molecule has 432 valence electrons. The molecule has 0 aliphatic rings. The molecule has 14 aromatic rings. The number of nitrogens with one attached hydrogen (secondary N) is 1. The maximum atomic E-state index is 14.4. The average Bonchev–Trinajstić information content (AvgIpc) is 1.58. The Morgan fingerprint density at radius 3 is 1.56 bits per heavy atom. The fourth-order valence-electron chi connectivity index (χ4n) is 8.48. The molecular formula is C60H38BCl6F2N12O5P. The molecule has 17 nitrogen and oxygen atoms in total. The fraction of sp³-hybridized carbons (Fsp3) is 0. The zero-order valence-corrected chi connectivity index (χ0v) is 49.7. The monoisotopic (exact) mass is 1300 g/mol. The van der Waals surface area contributed by atoms with E-state index in [2.05, 4.69) is 93.5 Å². The number of aromatic hydroxyl groups is 1. The lowest BCUT2D eigenvalue weighted by Crippen LogP contribution is -2.31. The molecule has 12 aromatic heterocycles. The van der Waals surface area contributed by atoms with Crippen LogP contribution >= 0.6 is 73.7 Å². The third-order valence-corrected chi connectivity index (χ3v) is 13.1. The number of halogens is 8. The number of aromatic nitrogens is 12. The number of hydrogen-bond donors (Lipinski definition) is 4. The molecule has 12 heterocycles. The van der Waals surface area contributed by atoms with Crippen LogP contribution in [0.3, 0.4) is 0 Å². The minimum absolute atomic E-state index is 0.0175. The van der Waals surface area contributed by atoms with E-state index < -0.39 is 18.1 Å². The number of pyridine rings is 12. The molecule has 0 amide bonds. The van der Waals surface area contributed by atoms with Gasteiger partial charge in [-0.2, -0.15) is 0 Å². The first-order valence-corrected chi connectivity index (χ1v) is 30.8. The molecule has 0 saturated carbocycles. The molecule has 0 radical (unpaired) electrons. The Hall–Kier alpha value is -8.79. The van der Waals surface area contributed by atoms with Gasteiger partial charge in [0.05, 0.1) is 68.3 Å². The van der Waals surface area contributed by atoms with E-state index in [1.807, 2.05) is 36.4 Å². The van der Waals surface area contributed by atoms with E-state index in [0.29, 0.717) is 60.3 Å². The summed E-state index contributed by atoms with van der Waals surface area (Å²) in [6.45, 7) is 0. The maximum absolute atomic E-state index is 14.4. The van der Waals surface area contributed by atoms with Crippen LogP contribution < -0.4 is 11.0 Å². The molecule has 4 N–H and O–H groups in total. The standard InChI is InChI=1S/C22H13FN4.C14H10BFN2O2.C8H4Cl2N2.C8H5ClN2.C8H6N2O2.Cl3OP/c23-19-6-2-1-4-17(19)20-12-18(16-5-3-9-26-22(16)27-20)14-8-11-25-21-13-24-10-7-15(14)21;16-12-6-2-1-4-10(12)13-8-11(15(19)20)9-5-3-7-17-14(9)18-13;9-6-3-8(10)12-7-4-11-2-1-5(6)7;9-7-2-4-11-8-5-10-3-1-6(7)8;11-7-3-8(12)10-6-4-9-2-1-5(6)7;1-5(2,3)4/h1-13H;1-8,19-20H;1-4H;1-5H;1-4H,(H2,10,11,12);. The molecule has 0 aliphatic heterocycles. The lowest BCUT2D eigenvalue weighted by atomic mass is 9.78. The van der Waals surface area contributed by atoms with Crippen molar-refractivity contribution < 1.29 is 28.5 Å². The van der Waals surface area contributed by atoms with E-state index in [-0.39, 0.29) is 22.6 Å². The predicted molar refractivity (Wildman–Crippen MR) is 342 cm³/mol.